The number of hydrogen-bond acceptors (Lipinski definition) is 4. The number of esters is 1. The summed E-state index contributed by atoms with van der Waals surface area (Å²) in [5.41, 5.74) is 3.26. The first-order valence-corrected chi connectivity index (χ1v) is 9.23. The van der Waals surface area contributed by atoms with Gasteiger partial charge in [-0.15, -0.1) is 0 Å². The molecule has 5 heteroatoms. The average molecular weight is 352 g/mol. The number of ether oxygens (including phenoxy) is 1. The molecule has 5 nitrogen and oxygen atoms in total. The van der Waals surface area contributed by atoms with Gasteiger partial charge in [0.2, 0.25) is 0 Å². The molecule has 1 aromatic carbocycles. The smallest absolute Gasteiger partial charge is 0.332 e. The SMILES string of the molecule is CC/C(C=O)=C/[C@@H]1CN2CCc3c([nH]c4ccccc34)[C@@]2(C(=O)OC)C1. The van der Waals surface area contributed by atoms with E-state index in [-0.39, 0.29) is 11.9 Å². The molecule has 2 aliphatic rings. The van der Waals surface area contributed by atoms with E-state index in [4.69, 9.17) is 4.74 Å². The molecule has 0 aliphatic carbocycles. The Kier molecular flexibility index (Phi) is 4.19. The third-order valence-electron chi connectivity index (χ3n) is 5.94. The van der Waals surface area contributed by atoms with Gasteiger partial charge in [0.1, 0.15) is 6.29 Å². The second kappa shape index (κ2) is 6.40. The van der Waals surface area contributed by atoms with Crippen LogP contribution in [0.15, 0.2) is 35.9 Å². The average Bonchev–Trinajstić information content (AvgIpc) is 3.24. The molecular formula is C21H24N2O3. The summed E-state index contributed by atoms with van der Waals surface area (Å²) in [7, 11) is 1.46. The van der Waals surface area contributed by atoms with E-state index in [1.807, 2.05) is 25.1 Å². The van der Waals surface area contributed by atoms with Crippen LogP contribution in [0.1, 0.15) is 31.0 Å². The number of benzene rings is 1. The Morgan fingerprint density at radius 1 is 1.42 bits per heavy atom. The first-order chi connectivity index (χ1) is 12.6. The number of hydrogen-bond donors (Lipinski definition) is 1. The summed E-state index contributed by atoms with van der Waals surface area (Å²) in [5, 5.41) is 1.19. The van der Waals surface area contributed by atoms with E-state index in [1.165, 1.54) is 18.1 Å². The van der Waals surface area contributed by atoms with Gasteiger partial charge in [0.05, 0.1) is 12.8 Å². The Balaban J connectivity index is 1.85. The second-order valence-corrected chi connectivity index (χ2v) is 7.25. The summed E-state index contributed by atoms with van der Waals surface area (Å²) in [4.78, 5) is 30.0. The molecule has 4 rings (SSSR count). The van der Waals surface area contributed by atoms with Crippen LogP contribution < -0.4 is 0 Å². The number of fused-ring (bicyclic) bond motifs is 5. The van der Waals surface area contributed by atoms with Crippen molar-refractivity contribution in [2.24, 2.45) is 5.92 Å². The van der Waals surface area contributed by atoms with E-state index in [0.29, 0.717) is 12.8 Å². The van der Waals surface area contributed by atoms with E-state index in [0.717, 1.165) is 42.6 Å². The fraction of sp³-hybridized carbons (Fsp3) is 0.429. The summed E-state index contributed by atoms with van der Waals surface area (Å²) in [5.74, 6) is -0.0586. The number of nitrogens with one attached hydrogen (secondary N) is 1. The number of aromatic nitrogens is 1. The standard InChI is InChI=1S/C21H24N2O3/c1-3-14(13-24)10-15-11-21(20(25)26-2)19-17(8-9-23(21)12-15)16-6-4-5-7-18(16)22-19/h4-7,10,13,15,22H,3,8-9,11-12H2,1-2H3/b14-10-/t15-,21+/m0/s1. The lowest BCUT2D eigenvalue weighted by molar-refractivity contribution is -0.155. The van der Waals surface area contributed by atoms with Crippen LogP contribution in [-0.2, 0) is 26.3 Å². The molecule has 2 aliphatic heterocycles. The lowest BCUT2D eigenvalue weighted by Gasteiger charge is -2.39. The van der Waals surface area contributed by atoms with Gasteiger partial charge in [-0.25, -0.2) is 4.79 Å². The molecule has 1 saturated heterocycles. The topological polar surface area (TPSA) is 62.4 Å². The zero-order valence-electron chi connectivity index (χ0n) is 15.2. The highest BCUT2D eigenvalue weighted by Crippen LogP contribution is 2.48. The van der Waals surface area contributed by atoms with Crippen LogP contribution in [0.3, 0.4) is 0 Å². The zero-order chi connectivity index (χ0) is 18.3. The highest BCUT2D eigenvalue weighted by atomic mass is 16.5. The normalized spacial score (nSPS) is 25.8. The van der Waals surface area contributed by atoms with Gasteiger partial charge in [-0.05, 0) is 42.4 Å². The van der Waals surface area contributed by atoms with Crippen molar-refractivity contribution in [3.63, 3.8) is 0 Å². The summed E-state index contributed by atoms with van der Waals surface area (Å²) < 4.78 is 5.26. The van der Waals surface area contributed by atoms with Gasteiger partial charge in [0, 0.05) is 24.0 Å². The third-order valence-corrected chi connectivity index (χ3v) is 5.94. The van der Waals surface area contributed by atoms with Crippen LogP contribution >= 0.6 is 0 Å². The fourth-order valence-corrected chi connectivity index (χ4v) is 4.75. The van der Waals surface area contributed by atoms with Gasteiger partial charge in [-0.1, -0.05) is 31.2 Å². The van der Waals surface area contributed by atoms with Crippen molar-refractivity contribution < 1.29 is 14.3 Å². The van der Waals surface area contributed by atoms with Crippen molar-refractivity contribution in [1.82, 2.24) is 9.88 Å². The zero-order valence-corrected chi connectivity index (χ0v) is 15.2. The third kappa shape index (κ3) is 2.34. The first kappa shape index (κ1) is 17.0. The minimum absolute atomic E-state index is 0.159. The molecule has 0 amide bonds. The molecule has 0 bridgehead atoms. The van der Waals surface area contributed by atoms with Crippen molar-refractivity contribution in [2.45, 2.75) is 31.7 Å². The summed E-state index contributed by atoms with van der Waals surface area (Å²) in [6, 6.07) is 8.20. The minimum atomic E-state index is -0.787. The van der Waals surface area contributed by atoms with Crippen LogP contribution in [0.2, 0.25) is 0 Å². The lowest BCUT2D eigenvalue weighted by Crippen LogP contribution is -2.52. The Labute approximate surface area is 153 Å². The minimum Gasteiger partial charge on any atom is -0.467 e. The van der Waals surface area contributed by atoms with Crippen LogP contribution in [0.25, 0.3) is 10.9 Å². The molecule has 0 spiro atoms. The van der Waals surface area contributed by atoms with Crippen LogP contribution in [0, 0.1) is 5.92 Å². The number of carbonyl (C=O) groups excluding carboxylic acids is 2. The Morgan fingerprint density at radius 2 is 2.23 bits per heavy atom. The number of nitrogens with zero attached hydrogens (tertiary/aromatic N) is 1. The van der Waals surface area contributed by atoms with Crippen LogP contribution in [0.4, 0.5) is 0 Å². The molecule has 1 N–H and O–H groups in total. The number of aldehydes is 1. The van der Waals surface area contributed by atoms with Crippen LogP contribution in [-0.4, -0.2) is 42.3 Å². The molecule has 2 aromatic rings. The number of para-hydroxylation sites is 1. The van der Waals surface area contributed by atoms with Gasteiger partial charge >= 0.3 is 5.97 Å². The predicted octanol–water partition coefficient (Wildman–Crippen LogP) is 2.95. The molecule has 1 fully saturated rings. The number of allylic oxidation sites excluding steroid dienone is 1. The fourth-order valence-electron chi connectivity index (χ4n) is 4.75. The predicted molar refractivity (Wildman–Crippen MR) is 99.8 cm³/mol. The Hall–Kier alpha value is -2.40. The number of H-pyrrole nitrogens is 1. The van der Waals surface area contributed by atoms with Crippen molar-refractivity contribution in [3.05, 3.63) is 47.2 Å². The van der Waals surface area contributed by atoms with Gasteiger partial charge in [-0.2, -0.15) is 0 Å². The summed E-state index contributed by atoms with van der Waals surface area (Å²) in [6.45, 7) is 3.56. The maximum absolute atomic E-state index is 13.0. The van der Waals surface area contributed by atoms with Crippen molar-refractivity contribution in [1.29, 1.82) is 0 Å². The molecule has 0 radical (unpaired) electrons. The van der Waals surface area contributed by atoms with Gasteiger partial charge in [-0.3, -0.25) is 9.69 Å². The Bertz CT molecular complexity index is 898. The molecule has 1 aromatic heterocycles. The number of methoxy groups -OCH3 is 1. The number of rotatable bonds is 4. The van der Waals surface area contributed by atoms with E-state index >= 15 is 0 Å². The van der Waals surface area contributed by atoms with Crippen molar-refractivity contribution in [2.75, 3.05) is 20.2 Å². The number of aromatic amines is 1. The van der Waals surface area contributed by atoms with Crippen LogP contribution in [0.5, 0.6) is 0 Å². The van der Waals surface area contributed by atoms with Crippen molar-refractivity contribution in [3.8, 4) is 0 Å². The molecule has 3 heterocycles. The second-order valence-electron chi connectivity index (χ2n) is 7.25. The maximum Gasteiger partial charge on any atom is 0.332 e. The van der Waals surface area contributed by atoms with Gasteiger partial charge in [0.15, 0.2) is 5.54 Å². The van der Waals surface area contributed by atoms with Gasteiger partial charge < -0.3 is 9.72 Å². The molecule has 2 atom stereocenters. The lowest BCUT2D eigenvalue weighted by atomic mass is 9.82. The van der Waals surface area contributed by atoms with E-state index < -0.39 is 5.54 Å². The molecule has 26 heavy (non-hydrogen) atoms. The highest BCUT2D eigenvalue weighted by molar-refractivity contribution is 5.91. The first-order valence-electron chi connectivity index (χ1n) is 9.23. The maximum atomic E-state index is 13.0. The van der Waals surface area contributed by atoms with E-state index in [1.54, 1.807) is 0 Å². The highest BCUT2D eigenvalue weighted by Gasteiger charge is 2.56. The van der Waals surface area contributed by atoms with E-state index in [2.05, 4.69) is 22.0 Å². The summed E-state index contributed by atoms with van der Waals surface area (Å²) in [6.07, 6.45) is 5.22. The molecular weight excluding hydrogens is 328 g/mol. The molecule has 136 valence electrons. The quantitative estimate of drug-likeness (QED) is 0.522. The Morgan fingerprint density at radius 3 is 2.96 bits per heavy atom. The molecule has 0 unspecified atom stereocenters. The summed E-state index contributed by atoms with van der Waals surface area (Å²) >= 11 is 0. The largest absolute Gasteiger partial charge is 0.467 e. The monoisotopic (exact) mass is 352 g/mol. The van der Waals surface area contributed by atoms with E-state index in [9.17, 15) is 9.59 Å². The van der Waals surface area contributed by atoms with Gasteiger partial charge in [0.25, 0.3) is 0 Å². The van der Waals surface area contributed by atoms with Crippen molar-refractivity contribution >= 4 is 23.2 Å². The molecule has 0 saturated carbocycles. The number of carbonyl (C=O) groups is 2.